The Hall–Kier alpha value is -2.64. The van der Waals surface area contributed by atoms with Gasteiger partial charge in [-0.3, -0.25) is 0 Å². The molecule has 0 saturated heterocycles. The van der Waals surface area contributed by atoms with Crippen LogP contribution in [0.1, 0.15) is 29.6 Å². The highest BCUT2D eigenvalue weighted by atomic mass is 32.2. The van der Waals surface area contributed by atoms with Gasteiger partial charge in [-0.15, -0.1) is 0 Å². The Labute approximate surface area is 150 Å². The van der Waals surface area contributed by atoms with Gasteiger partial charge in [-0.1, -0.05) is 30.3 Å². The van der Waals surface area contributed by atoms with Gasteiger partial charge in [-0.25, -0.2) is 27.9 Å². The van der Waals surface area contributed by atoms with Gasteiger partial charge in [-0.2, -0.15) is 0 Å². The molecule has 2 unspecified atom stereocenters. The first kappa shape index (κ1) is 16.8. The molecule has 0 amide bonds. The van der Waals surface area contributed by atoms with E-state index in [4.69, 9.17) is 5.14 Å². The summed E-state index contributed by atoms with van der Waals surface area (Å²) in [5.41, 5.74) is 2.01. The maximum Gasteiger partial charge on any atom is 0.238 e. The highest BCUT2D eigenvalue weighted by Crippen LogP contribution is 2.54. The molecule has 26 heavy (non-hydrogen) atoms. The summed E-state index contributed by atoms with van der Waals surface area (Å²) >= 11 is 0. The van der Waals surface area contributed by atoms with Crippen LogP contribution in [0.25, 0.3) is 11.3 Å². The highest BCUT2D eigenvalue weighted by molar-refractivity contribution is 7.89. The molecule has 1 fully saturated rings. The Morgan fingerprint density at radius 1 is 1.04 bits per heavy atom. The van der Waals surface area contributed by atoms with Gasteiger partial charge < -0.3 is 0 Å². The number of halogens is 1. The molecule has 0 radical (unpaired) electrons. The molecule has 0 aliphatic heterocycles. The minimum Gasteiger partial charge on any atom is -0.241 e. The van der Waals surface area contributed by atoms with Gasteiger partial charge in [0, 0.05) is 17.7 Å². The van der Waals surface area contributed by atoms with Crippen LogP contribution in [0.4, 0.5) is 4.39 Å². The van der Waals surface area contributed by atoms with Crippen LogP contribution in [0.15, 0.2) is 65.7 Å². The Morgan fingerprint density at radius 3 is 2.62 bits per heavy atom. The fraction of sp³-hybridized carbons (Fsp3) is 0.158. The van der Waals surface area contributed by atoms with Gasteiger partial charge >= 0.3 is 0 Å². The molecule has 0 spiro atoms. The van der Waals surface area contributed by atoms with E-state index in [0.717, 1.165) is 6.42 Å². The van der Waals surface area contributed by atoms with Gasteiger partial charge in [0.1, 0.15) is 11.6 Å². The summed E-state index contributed by atoms with van der Waals surface area (Å²) < 4.78 is 37.1. The van der Waals surface area contributed by atoms with E-state index in [2.05, 4.69) is 9.97 Å². The molecule has 2 atom stereocenters. The quantitative estimate of drug-likeness (QED) is 0.765. The molecule has 1 aliphatic rings. The molecular formula is C19H16FN3O2S. The average Bonchev–Trinajstić information content (AvgIpc) is 3.42. The number of nitrogens with zero attached hydrogens (tertiary/aromatic N) is 2. The van der Waals surface area contributed by atoms with Crippen LogP contribution in [-0.2, 0) is 10.0 Å². The molecule has 7 heteroatoms. The minimum atomic E-state index is -3.78. The van der Waals surface area contributed by atoms with Crippen LogP contribution in [-0.4, -0.2) is 18.4 Å². The van der Waals surface area contributed by atoms with Gasteiger partial charge in [0.2, 0.25) is 10.0 Å². The Bertz CT molecular complexity index is 1090. The lowest BCUT2D eigenvalue weighted by molar-refractivity contribution is 0.596. The maximum absolute atomic E-state index is 13.5. The molecule has 1 aliphatic carbocycles. The van der Waals surface area contributed by atoms with E-state index in [1.54, 1.807) is 42.6 Å². The standard InChI is InChI=1S/C19H16FN3O2S/c20-13-5-3-4-12(10-13)17-8-9-22-19(23-17)16-11-15(16)14-6-1-2-7-18(14)26(21,24)25/h1-10,15-16H,11H2,(H2,21,24,25). The van der Waals surface area contributed by atoms with E-state index in [1.165, 1.54) is 18.2 Å². The maximum atomic E-state index is 13.5. The normalized spacial score (nSPS) is 19.3. The molecule has 2 aromatic carbocycles. The van der Waals surface area contributed by atoms with Crippen molar-refractivity contribution in [3.8, 4) is 11.3 Å². The van der Waals surface area contributed by atoms with Gasteiger partial charge in [0.25, 0.3) is 0 Å². The van der Waals surface area contributed by atoms with E-state index in [0.29, 0.717) is 22.6 Å². The second-order valence-electron chi connectivity index (χ2n) is 6.34. The average molecular weight is 369 g/mol. The zero-order valence-corrected chi connectivity index (χ0v) is 14.5. The van der Waals surface area contributed by atoms with Gasteiger partial charge in [0.15, 0.2) is 0 Å². The van der Waals surface area contributed by atoms with Crippen LogP contribution in [0.5, 0.6) is 0 Å². The lowest BCUT2D eigenvalue weighted by Crippen LogP contribution is -2.14. The van der Waals surface area contributed by atoms with E-state index < -0.39 is 10.0 Å². The van der Waals surface area contributed by atoms with Crippen molar-refractivity contribution in [2.75, 3.05) is 0 Å². The Morgan fingerprint density at radius 2 is 1.85 bits per heavy atom. The van der Waals surface area contributed by atoms with Crippen molar-refractivity contribution in [3.63, 3.8) is 0 Å². The summed E-state index contributed by atoms with van der Waals surface area (Å²) in [4.78, 5) is 9.03. The molecule has 3 aromatic rings. The first-order valence-corrected chi connectivity index (χ1v) is 9.69. The van der Waals surface area contributed by atoms with E-state index in [9.17, 15) is 12.8 Å². The van der Waals surface area contributed by atoms with Crippen molar-refractivity contribution in [1.29, 1.82) is 0 Å². The third kappa shape index (κ3) is 3.23. The molecule has 2 N–H and O–H groups in total. The van der Waals surface area contributed by atoms with Gasteiger partial charge in [-0.05, 0) is 42.2 Å². The van der Waals surface area contributed by atoms with Crippen molar-refractivity contribution < 1.29 is 12.8 Å². The van der Waals surface area contributed by atoms with E-state index in [-0.39, 0.29) is 22.5 Å². The number of primary sulfonamides is 1. The fourth-order valence-corrected chi connectivity index (χ4v) is 4.05. The second-order valence-corrected chi connectivity index (χ2v) is 7.87. The first-order valence-electron chi connectivity index (χ1n) is 8.14. The number of rotatable bonds is 4. The Kier molecular flexibility index (Phi) is 4.05. The third-order valence-corrected chi connectivity index (χ3v) is 5.53. The topological polar surface area (TPSA) is 85.9 Å². The first-order chi connectivity index (χ1) is 12.4. The number of aromatic nitrogens is 2. The Balaban J connectivity index is 1.65. The minimum absolute atomic E-state index is 0.00674. The van der Waals surface area contributed by atoms with Crippen molar-refractivity contribution in [2.24, 2.45) is 5.14 Å². The lowest BCUT2D eigenvalue weighted by atomic mass is 10.1. The number of nitrogens with two attached hydrogens (primary N) is 1. The highest BCUT2D eigenvalue weighted by Gasteiger charge is 2.43. The zero-order valence-electron chi connectivity index (χ0n) is 13.7. The van der Waals surface area contributed by atoms with Crippen LogP contribution in [0.3, 0.4) is 0 Å². The predicted octanol–water partition coefficient (Wildman–Crippen LogP) is 3.20. The summed E-state index contributed by atoms with van der Waals surface area (Å²) in [6.07, 6.45) is 2.39. The van der Waals surface area contributed by atoms with Crippen molar-refractivity contribution in [3.05, 3.63) is 78.0 Å². The molecule has 4 rings (SSSR count). The summed E-state index contributed by atoms with van der Waals surface area (Å²) in [6, 6.07) is 14.7. The van der Waals surface area contributed by atoms with Crippen molar-refractivity contribution in [2.45, 2.75) is 23.2 Å². The molecule has 1 heterocycles. The lowest BCUT2D eigenvalue weighted by Gasteiger charge is -2.07. The zero-order chi connectivity index (χ0) is 18.3. The van der Waals surface area contributed by atoms with Crippen molar-refractivity contribution in [1.82, 2.24) is 9.97 Å². The number of hydrogen-bond acceptors (Lipinski definition) is 4. The molecule has 1 aromatic heterocycles. The smallest absolute Gasteiger partial charge is 0.238 e. The van der Waals surface area contributed by atoms with Gasteiger partial charge in [0.05, 0.1) is 10.6 Å². The fourth-order valence-electron chi connectivity index (χ4n) is 3.23. The van der Waals surface area contributed by atoms with Crippen LogP contribution in [0.2, 0.25) is 0 Å². The second kappa shape index (κ2) is 6.26. The summed E-state index contributed by atoms with van der Waals surface area (Å²) in [6.45, 7) is 0. The summed E-state index contributed by atoms with van der Waals surface area (Å²) in [5, 5.41) is 5.33. The largest absolute Gasteiger partial charge is 0.241 e. The molecule has 132 valence electrons. The van der Waals surface area contributed by atoms with Crippen molar-refractivity contribution >= 4 is 10.0 Å². The molecule has 1 saturated carbocycles. The summed E-state index contributed by atoms with van der Waals surface area (Å²) in [5.74, 6) is 0.328. The van der Waals surface area contributed by atoms with Crippen LogP contribution in [0, 0.1) is 5.82 Å². The van der Waals surface area contributed by atoms with Crippen LogP contribution >= 0.6 is 0 Å². The number of benzene rings is 2. The predicted molar refractivity (Wildman–Crippen MR) is 95.3 cm³/mol. The molecular weight excluding hydrogens is 353 g/mol. The summed E-state index contributed by atoms with van der Waals surface area (Å²) in [7, 11) is -3.78. The van der Waals surface area contributed by atoms with E-state index >= 15 is 0 Å². The molecule has 0 bridgehead atoms. The SMILES string of the molecule is NS(=O)(=O)c1ccccc1C1CC1c1nccc(-c2cccc(F)c2)n1. The monoisotopic (exact) mass is 369 g/mol. The van der Waals surface area contributed by atoms with Crippen LogP contribution < -0.4 is 5.14 Å². The third-order valence-electron chi connectivity index (χ3n) is 4.54. The van der Waals surface area contributed by atoms with E-state index in [1.807, 2.05) is 0 Å². The number of sulfonamides is 1. The molecule has 5 nitrogen and oxygen atoms in total. The number of hydrogen-bond donors (Lipinski definition) is 1.